The first-order chi connectivity index (χ1) is 9.38. The quantitative estimate of drug-likeness (QED) is 0.896. The number of hydrogen-bond acceptors (Lipinski definition) is 5. The van der Waals surface area contributed by atoms with E-state index in [4.69, 9.17) is 4.74 Å². The molecule has 0 spiro atoms. The number of anilines is 1. The number of methoxy groups -OCH3 is 1. The minimum atomic E-state index is 0.553. The predicted octanol–water partition coefficient (Wildman–Crippen LogP) is 1.60. The molecular weight excluding hydrogens is 240 g/mol. The molecule has 1 aromatic heterocycles. The summed E-state index contributed by atoms with van der Waals surface area (Å²) in [5, 5.41) is 3.63. The summed E-state index contributed by atoms with van der Waals surface area (Å²) in [7, 11) is 1.64. The monoisotopic (exact) mass is 262 g/mol. The smallest absolute Gasteiger partial charge is 0.233 e. The molecular formula is C14H22N4O. The molecule has 5 heteroatoms. The van der Waals surface area contributed by atoms with Crippen LogP contribution in [0.4, 0.5) is 5.82 Å². The number of nitrogens with zero attached hydrogens (tertiary/aromatic N) is 3. The summed E-state index contributed by atoms with van der Waals surface area (Å²) in [4.78, 5) is 11.2. The number of ether oxygens (including phenoxy) is 1. The van der Waals surface area contributed by atoms with Crippen LogP contribution in [0.2, 0.25) is 0 Å². The van der Waals surface area contributed by atoms with Crippen LogP contribution in [0.5, 0.6) is 5.88 Å². The first-order valence-corrected chi connectivity index (χ1v) is 7.24. The van der Waals surface area contributed by atoms with Crippen LogP contribution < -0.4 is 15.0 Å². The molecule has 3 heterocycles. The summed E-state index contributed by atoms with van der Waals surface area (Å²) in [5.41, 5.74) is 0. The highest BCUT2D eigenvalue weighted by Crippen LogP contribution is 2.28. The molecule has 5 nitrogen and oxygen atoms in total. The van der Waals surface area contributed by atoms with E-state index in [2.05, 4.69) is 20.2 Å². The minimum absolute atomic E-state index is 0.553. The standard InChI is InChI=1S/C14H22N4O/c1-19-14-10-15-9-13(17-14)18-8-3-2-6-12(18)11-5-4-7-16-11/h9-12,16H,2-8H2,1H3. The largest absolute Gasteiger partial charge is 0.480 e. The Labute approximate surface area is 114 Å². The molecule has 3 rings (SSSR count). The molecule has 2 aliphatic rings. The number of hydrogen-bond donors (Lipinski definition) is 1. The van der Waals surface area contributed by atoms with Gasteiger partial charge in [0.1, 0.15) is 0 Å². The van der Waals surface area contributed by atoms with Crippen molar-refractivity contribution >= 4 is 5.82 Å². The molecule has 1 aromatic rings. The van der Waals surface area contributed by atoms with Crippen molar-refractivity contribution in [2.45, 2.75) is 44.2 Å². The SMILES string of the molecule is COc1cncc(N2CCCCC2C2CCCN2)n1. The fraction of sp³-hybridized carbons (Fsp3) is 0.714. The molecule has 2 aliphatic heterocycles. The number of piperidine rings is 1. The number of nitrogens with one attached hydrogen (secondary N) is 1. The van der Waals surface area contributed by atoms with Gasteiger partial charge in [-0.15, -0.1) is 0 Å². The summed E-state index contributed by atoms with van der Waals surface area (Å²) in [5.74, 6) is 1.55. The van der Waals surface area contributed by atoms with Crippen molar-refractivity contribution in [3.63, 3.8) is 0 Å². The molecule has 2 atom stereocenters. The number of rotatable bonds is 3. The molecule has 0 radical (unpaired) electrons. The van der Waals surface area contributed by atoms with Gasteiger partial charge in [0.2, 0.25) is 5.88 Å². The molecule has 2 unspecified atom stereocenters. The van der Waals surface area contributed by atoms with Gasteiger partial charge in [0.25, 0.3) is 0 Å². The third kappa shape index (κ3) is 2.66. The van der Waals surface area contributed by atoms with Crippen LogP contribution in [0.3, 0.4) is 0 Å². The van der Waals surface area contributed by atoms with E-state index in [1.54, 1.807) is 13.3 Å². The van der Waals surface area contributed by atoms with E-state index in [0.717, 1.165) is 18.9 Å². The van der Waals surface area contributed by atoms with Crippen LogP contribution in [0.25, 0.3) is 0 Å². The van der Waals surface area contributed by atoms with Crippen molar-refractivity contribution in [1.82, 2.24) is 15.3 Å². The first kappa shape index (κ1) is 12.7. The molecule has 0 aliphatic carbocycles. The van der Waals surface area contributed by atoms with Gasteiger partial charge in [-0.2, -0.15) is 4.98 Å². The summed E-state index contributed by atoms with van der Waals surface area (Å²) < 4.78 is 5.19. The summed E-state index contributed by atoms with van der Waals surface area (Å²) >= 11 is 0. The highest BCUT2D eigenvalue weighted by Gasteiger charge is 2.32. The summed E-state index contributed by atoms with van der Waals surface area (Å²) in [6.07, 6.45) is 9.89. The third-order valence-electron chi connectivity index (χ3n) is 4.22. The molecule has 0 amide bonds. The zero-order chi connectivity index (χ0) is 13.1. The van der Waals surface area contributed by atoms with Gasteiger partial charge in [-0.05, 0) is 38.6 Å². The van der Waals surface area contributed by atoms with Crippen molar-refractivity contribution in [2.75, 3.05) is 25.1 Å². The Balaban J connectivity index is 1.82. The second kappa shape index (κ2) is 5.74. The van der Waals surface area contributed by atoms with Crippen molar-refractivity contribution in [1.29, 1.82) is 0 Å². The van der Waals surface area contributed by atoms with Gasteiger partial charge in [-0.25, -0.2) is 0 Å². The van der Waals surface area contributed by atoms with Gasteiger partial charge < -0.3 is 15.0 Å². The molecule has 0 bridgehead atoms. The average Bonchev–Trinajstić information content (AvgIpc) is 3.01. The van der Waals surface area contributed by atoms with Gasteiger partial charge in [0, 0.05) is 18.6 Å². The van der Waals surface area contributed by atoms with Crippen molar-refractivity contribution < 1.29 is 4.74 Å². The Hall–Kier alpha value is -1.36. The molecule has 2 fully saturated rings. The maximum Gasteiger partial charge on any atom is 0.233 e. The van der Waals surface area contributed by atoms with E-state index in [1.165, 1.54) is 32.1 Å². The third-order valence-corrected chi connectivity index (χ3v) is 4.22. The van der Waals surface area contributed by atoms with Crippen LogP contribution in [-0.2, 0) is 0 Å². The van der Waals surface area contributed by atoms with Crippen LogP contribution in [0.15, 0.2) is 12.4 Å². The molecule has 0 saturated carbocycles. The van der Waals surface area contributed by atoms with E-state index in [1.807, 2.05) is 6.20 Å². The highest BCUT2D eigenvalue weighted by atomic mass is 16.5. The van der Waals surface area contributed by atoms with E-state index < -0.39 is 0 Å². The lowest BCUT2D eigenvalue weighted by atomic mass is 9.94. The molecule has 104 valence electrons. The lowest BCUT2D eigenvalue weighted by Crippen LogP contribution is -2.50. The topological polar surface area (TPSA) is 50.3 Å². The second-order valence-electron chi connectivity index (χ2n) is 5.38. The summed E-state index contributed by atoms with van der Waals surface area (Å²) in [6.45, 7) is 2.23. The van der Waals surface area contributed by atoms with Crippen LogP contribution in [0, 0.1) is 0 Å². The normalized spacial score (nSPS) is 27.5. The van der Waals surface area contributed by atoms with Crippen molar-refractivity contribution in [2.24, 2.45) is 0 Å². The molecule has 2 saturated heterocycles. The van der Waals surface area contributed by atoms with Crippen LogP contribution >= 0.6 is 0 Å². The zero-order valence-corrected chi connectivity index (χ0v) is 11.5. The Kier molecular flexibility index (Phi) is 3.82. The Morgan fingerprint density at radius 3 is 3.00 bits per heavy atom. The van der Waals surface area contributed by atoms with E-state index in [0.29, 0.717) is 18.0 Å². The van der Waals surface area contributed by atoms with Crippen molar-refractivity contribution in [3.8, 4) is 5.88 Å². The number of aromatic nitrogens is 2. The summed E-state index contributed by atoms with van der Waals surface area (Å²) in [6, 6.07) is 1.16. The predicted molar refractivity (Wildman–Crippen MR) is 74.6 cm³/mol. The Morgan fingerprint density at radius 2 is 2.21 bits per heavy atom. The average molecular weight is 262 g/mol. The fourth-order valence-corrected chi connectivity index (χ4v) is 3.28. The van der Waals surface area contributed by atoms with Gasteiger partial charge in [0.15, 0.2) is 5.82 Å². The highest BCUT2D eigenvalue weighted by molar-refractivity contribution is 5.40. The minimum Gasteiger partial charge on any atom is -0.480 e. The maximum absolute atomic E-state index is 5.19. The van der Waals surface area contributed by atoms with E-state index >= 15 is 0 Å². The zero-order valence-electron chi connectivity index (χ0n) is 11.5. The molecule has 1 N–H and O–H groups in total. The fourth-order valence-electron chi connectivity index (χ4n) is 3.28. The first-order valence-electron chi connectivity index (χ1n) is 7.24. The van der Waals surface area contributed by atoms with Gasteiger partial charge >= 0.3 is 0 Å². The Bertz CT molecular complexity index is 420. The van der Waals surface area contributed by atoms with Crippen LogP contribution in [-0.4, -0.2) is 42.3 Å². The van der Waals surface area contributed by atoms with Crippen LogP contribution in [0.1, 0.15) is 32.1 Å². The lowest BCUT2D eigenvalue weighted by Gasteiger charge is -2.40. The van der Waals surface area contributed by atoms with Gasteiger partial charge in [0.05, 0.1) is 19.5 Å². The van der Waals surface area contributed by atoms with E-state index in [-0.39, 0.29) is 0 Å². The lowest BCUT2D eigenvalue weighted by molar-refractivity contribution is 0.369. The van der Waals surface area contributed by atoms with E-state index in [9.17, 15) is 0 Å². The maximum atomic E-state index is 5.19. The van der Waals surface area contributed by atoms with Gasteiger partial charge in [-0.1, -0.05) is 0 Å². The molecule has 0 aromatic carbocycles. The van der Waals surface area contributed by atoms with Gasteiger partial charge in [-0.3, -0.25) is 4.98 Å². The second-order valence-corrected chi connectivity index (χ2v) is 5.38. The Morgan fingerprint density at radius 1 is 1.26 bits per heavy atom. The van der Waals surface area contributed by atoms with Crippen molar-refractivity contribution in [3.05, 3.63) is 12.4 Å². The molecule has 19 heavy (non-hydrogen) atoms.